The van der Waals surface area contributed by atoms with Crippen LogP contribution in [0.25, 0.3) is 0 Å². The van der Waals surface area contributed by atoms with E-state index in [0.717, 1.165) is 32.5 Å². The number of nitrogens with zero attached hydrogens (tertiary/aromatic N) is 1. The second-order valence-corrected chi connectivity index (χ2v) is 7.75. The summed E-state index contributed by atoms with van der Waals surface area (Å²) in [4.78, 5) is 16.3. The molecule has 3 fully saturated rings. The lowest BCUT2D eigenvalue weighted by Gasteiger charge is -2.26. The number of carbonyl (C=O) groups excluding carboxylic acids is 1. The molecule has 2 heterocycles. The molecule has 3 atom stereocenters. The highest BCUT2D eigenvalue weighted by atomic mass is 32.1. The van der Waals surface area contributed by atoms with Gasteiger partial charge in [-0.1, -0.05) is 12.5 Å². The van der Waals surface area contributed by atoms with Gasteiger partial charge in [0.15, 0.2) is 0 Å². The molecular formula is C17H23NO2S. The normalized spacial score (nSPS) is 33.9. The van der Waals surface area contributed by atoms with E-state index in [1.54, 1.807) is 11.3 Å². The summed E-state index contributed by atoms with van der Waals surface area (Å²) in [6, 6.07) is 4.20. The Morgan fingerprint density at radius 2 is 2.14 bits per heavy atom. The van der Waals surface area contributed by atoms with Gasteiger partial charge in [0, 0.05) is 23.9 Å². The van der Waals surface area contributed by atoms with E-state index in [2.05, 4.69) is 22.4 Å². The molecule has 0 bridgehead atoms. The van der Waals surface area contributed by atoms with Crippen LogP contribution in [0, 0.1) is 17.8 Å². The molecule has 1 saturated heterocycles. The van der Waals surface area contributed by atoms with Gasteiger partial charge in [-0.3, -0.25) is 4.79 Å². The number of hydrogen-bond acceptors (Lipinski definition) is 3. The molecule has 0 radical (unpaired) electrons. The smallest absolute Gasteiger partial charge is 0.226 e. The molecule has 1 aromatic rings. The fourth-order valence-electron chi connectivity index (χ4n) is 4.26. The number of thiophene rings is 1. The van der Waals surface area contributed by atoms with Crippen LogP contribution in [0.15, 0.2) is 17.5 Å². The van der Waals surface area contributed by atoms with Crippen LogP contribution in [0.3, 0.4) is 0 Å². The third-order valence-electron chi connectivity index (χ3n) is 5.38. The summed E-state index contributed by atoms with van der Waals surface area (Å²) >= 11 is 1.75. The van der Waals surface area contributed by atoms with Crippen LogP contribution in [-0.4, -0.2) is 30.1 Å². The summed E-state index contributed by atoms with van der Waals surface area (Å²) in [5.41, 5.74) is 0. The Labute approximate surface area is 130 Å². The van der Waals surface area contributed by atoms with E-state index in [1.165, 1.54) is 24.1 Å². The van der Waals surface area contributed by atoms with E-state index in [-0.39, 0.29) is 6.10 Å². The number of hydrogen-bond donors (Lipinski definition) is 0. The van der Waals surface area contributed by atoms with Crippen molar-refractivity contribution in [3.8, 4) is 0 Å². The maximum absolute atomic E-state index is 12.9. The minimum atomic E-state index is 0.257. The van der Waals surface area contributed by atoms with Crippen molar-refractivity contribution in [2.45, 2.75) is 44.8 Å². The molecule has 114 valence electrons. The lowest BCUT2D eigenvalue weighted by molar-refractivity contribution is -0.135. The quantitative estimate of drug-likeness (QED) is 0.835. The first-order valence-electron chi connectivity index (χ1n) is 8.25. The Bertz CT molecular complexity index is 485. The summed E-state index contributed by atoms with van der Waals surface area (Å²) < 4.78 is 5.76. The van der Waals surface area contributed by atoms with Gasteiger partial charge in [0.1, 0.15) is 0 Å². The summed E-state index contributed by atoms with van der Waals surface area (Å²) in [7, 11) is 0. The Kier molecular flexibility index (Phi) is 3.76. The van der Waals surface area contributed by atoms with Crippen LogP contribution in [0.5, 0.6) is 0 Å². The number of amides is 1. The van der Waals surface area contributed by atoms with E-state index in [1.807, 2.05) is 0 Å². The fraction of sp³-hybridized carbons (Fsp3) is 0.706. The van der Waals surface area contributed by atoms with E-state index in [0.29, 0.717) is 23.7 Å². The van der Waals surface area contributed by atoms with Gasteiger partial charge in [0.05, 0.1) is 12.6 Å². The molecule has 0 N–H and O–H groups in total. The van der Waals surface area contributed by atoms with E-state index in [4.69, 9.17) is 4.74 Å². The molecule has 0 unspecified atom stereocenters. The minimum Gasteiger partial charge on any atom is -0.376 e. The zero-order chi connectivity index (χ0) is 14.2. The molecule has 4 heteroatoms. The first-order chi connectivity index (χ1) is 10.3. The monoisotopic (exact) mass is 305 g/mol. The Hall–Kier alpha value is -0.870. The van der Waals surface area contributed by atoms with Crippen LogP contribution >= 0.6 is 11.3 Å². The number of carbonyl (C=O) groups is 1. The van der Waals surface area contributed by atoms with Crippen LogP contribution < -0.4 is 0 Å². The first-order valence-corrected chi connectivity index (χ1v) is 9.13. The van der Waals surface area contributed by atoms with Crippen molar-refractivity contribution in [2.75, 3.05) is 13.2 Å². The third kappa shape index (κ3) is 2.76. The zero-order valence-corrected chi connectivity index (χ0v) is 13.2. The van der Waals surface area contributed by atoms with Gasteiger partial charge < -0.3 is 9.64 Å². The summed E-state index contributed by atoms with van der Waals surface area (Å²) in [6.45, 7) is 2.42. The topological polar surface area (TPSA) is 29.5 Å². The largest absolute Gasteiger partial charge is 0.376 e. The SMILES string of the molecule is O=C(C1[C@@H]2CCC[C@@H]12)N(Cc1cccs1)C[C@@H]1CCCO1. The van der Waals surface area contributed by atoms with E-state index < -0.39 is 0 Å². The molecule has 1 amide bonds. The number of fused-ring (bicyclic) bond motifs is 1. The van der Waals surface area contributed by atoms with Crippen molar-refractivity contribution >= 4 is 17.2 Å². The Balaban J connectivity index is 1.44. The van der Waals surface area contributed by atoms with Gasteiger partial charge in [-0.15, -0.1) is 11.3 Å². The zero-order valence-electron chi connectivity index (χ0n) is 12.4. The summed E-state index contributed by atoms with van der Waals surface area (Å²) in [6.07, 6.45) is 6.37. The molecule has 2 saturated carbocycles. The van der Waals surface area contributed by atoms with Crippen molar-refractivity contribution in [1.29, 1.82) is 0 Å². The van der Waals surface area contributed by atoms with E-state index in [9.17, 15) is 4.79 Å². The van der Waals surface area contributed by atoms with Gasteiger partial charge in [0.2, 0.25) is 5.91 Å². The molecule has 4 rings (SSSR count). The van der Waals surface area contributed by atoms with Gasteiger partial charge >= 0.3 is 0 Å². The average Bonchev–Trinajstić information content (AvgIpc) is 3.05. The summed E-state index contributed by atoms with van der Waals surface area (Å²) in [5, 5.41) is 2.09. The number of rotatable bonds is 5. The maximum Gasteiger partial charge on any atom is 0.226 e. The van der Waals surface area contributed by atoms with Gasteiger partial charge in [0.25, 0.3) is 0 Å². The lowest BCUT2D eigenvalue weighted by atomic mass is 10.1. The maximum atomic E-state index is 12.9. The van der Waals surface area contributed by atoms with Crippen molar-refractivity contribution < 1.29 is 9.53 Å². The van der Waals surface area contributed by atoms with Crippen LogP contribution in [0.1, 0.15) is 37.0 Å². The van der Waals surface area contributed by atoms with Crippen molar-refractivity contribution in [3.05, 3.63) is 22.4 Å². The van der Waals surface area contributed by atoms with Crippen molar-refractivity contribution in [2.24, 2.45) is 17.8 Å². The highest BCUT2D eigenvalue weighted by Gasteiger charge is 2.57. The number of ether oxygens (including phenoxy) is 1. The lowest BCUT2D eigenvalue weighted by Crippen LogP contribution is -2.38. The molecular weight excluding hydrogens is 282 g/mol. The minimum absolute atomic E-state index is 0.257. The van der Waals surface area contributed by atoms with Gasteiger partial charge in [-0.05, 0) is 49.0 Å². The molecule has 0 spiro atoms. The summed E-state index contributed by atoms with van der Waals surface area (Å²) in [5.74, 6) is 2.13. The molecule has 1 aromatic heterocycles. The van der Waals surface area contributed by atoms with Crippen LogP contribution in [-0.2, 0) is 16.1 Å². The average molecular weight is 305 g/mol. The molecule has 0 aromatic carbocycles. The predicted molar refractivity (Wildman–Crippen MR) is 83.0 cm³/mol. The van der Waals surface area contributed by atoms with Crippen molar-refractivity contribution in [3.63, 3.8) is 0 Å². The third-order valence-corrected chi connectivity index (χ3v) is 6.24. The van der Waals surface area contributed by atoms with Crippen molar-refractivity contribution in [1.82, 2.24) is 4.90 Å². The van der Waals surface area contributed by atoms with Crippen LogP contribution in [0.4, 0.5) is 0 Å². The van der Waals surface area contributed by atoms with E-state index >= 15 is 0 Å². The Morgan fingerprint density at radius 1 is 1.29 bits per heavy atom. The second kappa shape index (κ2) is 5.73. The standard InChI is InChI=1S/C17H23NO2S/c19-17(16-14-6-1-7-15(14)16)18(10-12-4-2-8-20-12)11-13-5-3-9-21-13/h3,5,9,12,14-16H,1-2,4,6-8,10-11H2/t12-,14+,15+/m0/s1. The second-order valence-electron chi connectivity index (χ2n) is 6.72. The Morgan fingerprint density at radius 3 is 2.81 bits per heavy atom. The van der Waals surface area contributed by atoms with Crippen LogP contribution in [0.2, 0.25) is 0 Å². The highest BCUT2D eigenvalue weighted by molar-refractivity contribution is 7.09. The molecule has 1 aliphatic heterocycles. The predicted octanol–water partition coefficient (Wildman–Crippen LogP) is 3.30. The molecule has 3 aliphatic rings. The van der Waals surface area contributed by atoms with Gasteiger partial charge in [-0.2, -0.15) is 0 Å². The fourth-order valence-corrected chi connectivity index (χ4v) is 4.98. The molecule has 21 heavy (non-hydrogen) atoms. The molecule has 2 aliphatic carbocycles. The highest BCUT2D eigenvalue weighted by Crippen LogP contribution is 2.58. The first kappa shape index (κ1) is 13.8. The molecule has 3 nitrogen and oxygen atoms in total. The van der Waals surface area contributed by atoms with Gasteiger partial charge in [-0.25, -0.2) is 0 Å².